The number of aryl methyl sites for hydroxylation is 3. The zero-order valence-corrected chi connectivity index (χ0v) is 16.1. The molecule has 0 radical (unpaired) electrons. The van der Waals surface area contributed by atoms with Gasteiger partial charge in [-0.1, -0.05) is 44.2 Å². The molecule has 1 atom stereocenters. The minimum atomic E-state index is -0.108. The van der Waals surface area contributed by atoms with Gasteiger partial charge in [-0.3, -0.25) is 4.79 Å². The SMILES string of the molecule is Cc1cc(C)c(C(C)NC(=O)COc2ccccc2C(C)C)cc1C. The van der Waals surface area contributed by atoms with Crippen LogP contribution in [-0.4, -0.2) is 12.5 Å². The quantitative estimate of drug-likeness (QED) is 0.805. The predicted octanol–water partition coefficient (Wildman–Crippen LogP) is 4.99. The molecule has 25 heavy (non-hydrogen) atoms. The molecular weight excluding hydrogens is 310 g/mol. The highest BCUT2D eigenvalue weighted by molar-refractivity contribution is 5.78. The average Bonchev–Trinajstić information content (AvgIpc) is 2.56. The van der Waals surface area contributed by atoms with E-state index in [-0.39, 0.29) is 18.6 Å². The first kappa shape index (κ1) is 19.0. The second-order valence-electron chi connectivity index (χ2n) is 7.06. The molecule has 1 N–H and O–H groups in total. The molecule has 3 heteroatoms. The van der Waals surface area contributed by atoms with Crippen molar-refractivity contribution in [3.05, 3.63) is 64.2 Å². The van der Waals surface area contributed by atoms with Gasteiger partial charge in [-0.2, -0.15) is 0 Å². The molecule has 1 amide bonds. The Kier molecular flexibility index (Phi) is 6.24. The first-order valence-corrected chi connectivity index (χ1v) is 8.88. The molecule has 2 aromatic rings. The molecule has 0 aliphatic rings. The van der Waals surface area contributed by atoms with E-state index in [1.807, 2.05) is 31.2 Å². The van der Waals surface area contributed by atoms with Crippen molar-refractivity contribution in [3.63, 3.8) is 0 Å². The zero-order valence-electron chi connectivity index (χ0n) is 16.1. The lowest BCUT2D eigenvalue weighted by Crippen LogP contribution is -2.31. The summed E-state index contributed by atoms with van der Waals surface area (Å²) < 4.78 is 5.76. The number of ether oxygens (including phenoxy) is 1. The van der Waals surface area contributed by atoms with Crippen molar-refractivity contribution in [1.82, 2.24) is 5.32 Å². The lowest BCUT2D eigenvalue weighted by molar-refractivity contribution is -0.123. The van der Waals surface area contributed by atoms with Gasteiger partial charge in [0.1, 0.15) is 5.75 Å². The third-order valence-corrected chi connectivity index (χ3v) is 4.63. The largest absolute Gasteiger partial charge is 0.483 e. The van der Waals surface area contributed by atoms with E-state index in [9.17, 15) is 4.79 Å². The first-order chi connectivity index (χ1) is 11.8. The van der Waals surface area contributed by atoms with Gasteiger partial charge in [0.15, 0.2) is 6.61 Å². The third kappa shape index (κ3) is 4.85. The average molecular weight is 339 g/mol. The summed E-state index contributed by atoms with van der Waals surface area (Å²) in [6, 6.07) is 12.2. The van der Waals surface area contributed by atoms with Crippen molar-refractivity contribution < 1.29 is 9.53 Å². The number of amides is 1. The van der Waals surface area contributed by atoms with E-state index in [1.54, 1.807) is 0 Å². The van der Waals surface area contributed by atoms with Crippen LogP contribution < -0.4 is 10.1 Å². The summed E-state index contributed by atoms with van der Waals surface area (Å²) in [5, 5.41) is 3.04. The van der Waals surface area contributed by atoms with E-state index in [0.717, 1.165) is 16.9 Å². The minimum Gasteiger partial charge on any atom is -0.483 e. The number of hydrogen-bond acceptors (Lipinski definition) is 2. The molecule has 0 aliphatic carbocycles. The van der Waals surface area contributed by atoms with Crippen LogP contribution in [-0.2, 0) is 4.79 Å². The normalized spacial score (nSPS) is 12.1. The summed E-state index contributed by atoms with van der Waals surface area (Å²) in [5.74, 6) is 1.03. The molecule has 2 aromatic carbocycles. The van der Waals surface area contributed by atoms with Crippen LogP contribution in [0.5, 0.6) is 5.75 Å². The third-order valence-electron chi connectivity index (χ3n) is 4.63. The zero-order chi connectivity index (χ0) is 18.6. The number of benzene rings is 2. The Labute approximate surface area is 151 Å². The monoisotopic (exact) mass is 339 g/mol. The van der Waals surface area contributed by atoms with Crippen LogP contribution in [0.4, 0.5) is 0 Å². The van der Waals surface area contributed by atoms with Crippen LogP contribution in [0.2, 0.25) is 0 Å². The molecule has 134 valence electrons. The van der Waals surface area contributed by atoms with Gasteiger partial charge in [-0.15, -0.1) is 0 Å². The molecule has 0 fully saturated rings. The van der Waals surface area contributed by atoms with Gasteiger partial charge in [0.05, 0.1) is 6.04 Å². The van der Waals surface area contributed by atoms with Crippen LogP contribution in [0, 0.1) is 20.8 Å². The number of carbonyl (C=O) groups excluding carboxylic acids is 1. The predicted molar refractivity (Wildman–Crippen MR) is 103 cm³/mol. The highest BCUT2D eigenvalue weighted by Crippen LogP contribution is 2.26. The molecule has 0 saturated heterocycles. The van der Waals surface area contributed by atoms with Crippen LogP contribution in [0.15, 0.2) is 36.4 Å². The van der Waals surface area contributed by atoms with Gasteiger partial charge in [0.25, 0.3) is 5.91 Å². The number of hydrogen-bond donors (Lipinski definition) is 1. The number of carbonyl (C=O) groups is 1. The van der Waals surface area contributed by atoms with Crippen LogP contribution in [0.25, 0.3) is 0 Å². The highest BCUT2D eigenvalue weighted by atomic mass is 16.5. The van der Waals surface area contributed by atoms with Crippen molar-refractivity contribution in [3.8, 4) is 5.75 Å². The Bertz CT molecular complexity index is 750. The number of nitrogens with one attached hydrogen (secondary N) is 1. The Hall–Kier alpha value is -2.29. The van der Waals surface area contributed by atoms with Gasteiger partial charge < -0.3 is 10.1 Å². The molecule has 3 nitrogen and oxygen atoms in total. The standard InChI is InChI=1S/C22H29NO2/c1-14(2)19-9-7-8-10-21(19)25-13-22(24)23-18(6)20-12-16(4)15(3)11-17(20)5/h7-12,14,18H,13H2,1-6H3,(H,23,24). The van der Waals surface area contributed by atoms with Crippen molar-refractivity contribution >= 4 is 5.91 Å². The first-order valence-electron chi connectivity index (χ1n) is 8.88. The lowest BCUT2D eigenvalue weighted by atomic mass is 9.96. The molecule has 0 spiro atoms. The topological polar surface area (TPSA) is 38.3 Å². The summed E-state index contributed by atoms with van der Waals surface area (Å²) in [5.41, 5.74) is 5.98. The minimum absolute atomic E-state index is 0.0258. The maximum atomic E-state index is 12.3. The molecule has 0 saturated carbocycles. The smallest absolute Gasteiger partial charge is 0.258 e. The molecule has 2 rings (SSSR count). The molecule has 0 bridgehead atoms. The maximum absolute atomic E-state index is 12.3. The number of rotatable bonds is 6. The van der Waals surface area contributed by atoms with Crippen LogP contribution in [0.3, 0.4) is 0 Å². The molecular formula is C22H29NO2. The lowest BCUT2D eigenvalue weighted by Gasteiger charge is -2.19. The summed E-state index contributed by atoms with van der Waals surface area (Å²) in [4.78, 5) is 12.3. The van der Waals surface area contributed by atoms with Crippen LogP contribution >= 0.6 is 0 Å². The van der Waals surface area contributed by atoms with Gasteiger partial charge in [-0.25, -0.2) is 0 Å². The fraction of sp³-hybridized carbons (Fsp3) is 0.409. The summed E-state index contributed by atoms with van der Waals surface area (Å²) in [7, 11) is 0. The van der Waals surface area contributed by atoms with Gasteiger partial charge in [0, 0.05) is 0 Å². The Morgan fingerprint density at radius 2 is 1.60 bits per heavy atom. The summed E-state index contributed by atoms with van der Waals surface area (Å²) in [6.07, 6.45) is 0. The van der Waals surface area contributed by atoms with Crippen molar-refractivity contribution in [2.45, 2.75) is 53.5 Å². The van der Waals surface area contributed by atoms with Crippen molar-refractivity contribution in [2.24, 2.45) is 0 Å². The Morgan fingerprint density at radius 3 is 2.28 bits per heavy atom. The molecule has 0 aliphatic heterocycles. The van der Waals surface area contributed by atoms with Gasteiger partial charge >= 0.3 is 0 Å². The van der Waals surface area contributed by atoms with Gasteiger partial charge in [0.2, 0.25) is 0 Å². The molecule has 0 aromatic heterocycles. The van der Waals surface area contributed by atoms with E-state index in [2.05, 4.69) is 52.1 Å². The number of para-hydroxylation sites is 1. The van der Waals surface area contributed by atoms with E-state index < -0.39 is 0 Å². The summed E-state index contributed by atoms with van der Waals surface area (Å²) in [6.45, 7) is 12.6. The van der Waals surface area contributed by atoms with Crippen molar-refractivity contribution in [1.29, 1.82) is 0 Å². The summed E-state index contributed by atoms with van der Waals surface area (Å²) >= 11 is 0. The Morgan fingerprint density at radius 1 is 0.960 bits per heavy atom. The van der Waals surface area contributed by atoms with Crippen molar-refractivity contribution in [2.75, 3.05) is 6.61 Å². The highest BCUT2D eigenvalue weighted by Gasteiger charge is 2.14. The second-order valence-corrected chi connectivity index (χ2v) is 7.06. The van der Waals surface area contributed by atoms with E-state index in [1.165, 1.54) is 16.7 Å². The van der Waals surface area contributed by atoms with Crippen LogP contribution in [0.1, 0.15) is 60.5 Å². The van der Waals surface area contributed by atoms with E-state index in [4.69, 9.17) is 4.74 Å². The fourth-order valence-corrected chi connectivity index (χ4v) is 3.04. The maximum Gasteiger partial charge on any atom is 0.258 e. The second kappa shape index (κ2) is 8.19. The van der Waals surface area contributed by atoms with Gasteiger partial charge in [-0.05, 0) is 67.5 Å². The van der Waals surface area contributed by atoms with E-state index in [0.29, 0.717) is 5.92 Å². The fourth-order valence-electron chi connectivity index (χ4n) is 3.04. The van der Waals surface area contributed by atoms with E-state index >= 15 is 0 Å². The Balaban J connectivity index is 2.00. The molecule has 1 unspecified atom stereocenters. The molecule has 0 heterocycles.